The molecule has 1 aromatic heterocycles. The van der Waals surface area contributed by atoms with Crippen molar-refractivity contribution in [2.75, 3.05) is 0 Å². The van der Waals surface area contributed by atoms with Gasteiger partial charge in [0.15, 0.2) is 5.78 Å². The minimum Gasteiger partial charge on any atom is -0.326 e. The van der Waals surface area contributed by atoms with Crippen LogP contribution in [0.1, 0.15) is 64.7 Å². The molecular formula is C26H34N2O2. The van der Waals surface area contributed by atoms with Gasteiger partial charge in [-0.05, 0) is 36.8 Å². The number of nitrogens with zero attached hydrogens (tertiary/aromatic N) is 2. The van der Waals surface area contributed by atoms with Crippen LogP contribution in [0.25, 0.3) is 10.9 Å². The normalized spacial score (nSPS) is 23.1. The molecule has 4 heteroatoms. The number of rotatable bonds is 4. The van der Waals surface area contributed by atoms with Gasteiger partial charge in [0.1, 0.15) is 0 Å². The molecule has 4 unspecified atom stereocenters. The van der Waals surface area contributed by atoms with Crippen LogP contribution in [0.2, 0.25) is 0 Å². The van der Waals surface area contributed by atoms with E-state index in [1.54, 1.807) is 17.2 Å². The van der Waals surface area contributed by atoms with E-state index in [-0.39, 0.29) is 42.5 Å². The van der Waals surface area contributed by atoms with E-state index in [1.165, 1.54) is 0 Å². The SMILES string of the molecule is C#CC1C(C)C(C)C(C)N1C(=O)CCC(=O)c1ccnc2ccccc12.CC(C)C. The molecule has 1 fully saturated rings. The third kappa shape index (κ3) is 5.27. The van der Waals surface area contributed by atoms with Crippen LogP contribution in [0.3, 0.4) is 0 Å². The van der Waals surface area contributed by atoms with E-state index in [0.29, 0.717) is 11.5 Å². The first kappa shape index (κ1) is 23.6. The zero-order valence-electron chi connectivity index (χ0n) is 19.1. The zero-order valence-corrected chi connectivity index (χ0v) is 19.1. The van der Waals surface area contributed by atoms with E-state index in [0.717, 1.165) is 16.8 Å². The molecule has 1 saturated heterocycles. The molecule has 1 amide bonds. The lowest BCUT2D eigenvalue weighted by atomic mass is 9.91. The maximum Gasteiger partial charge on any atom is 0.224 e. The molecule has 4 nitrogen and oxygen atoms in total. The Morgan fingerprint density at radius 2 is 1.70 bits per heavy atom. The van der Waals surface area contributed by atoms with E-state index >= 15 is 0 Å². The Labute approximate surface area is 181 Å². The second-order valence-electron chi connectivity index (χ2n) is 8.90. The number of hydrogen-bond donors (Lipinski definition) is 0. The van der Waals surface area contributed by atoms with Crippen LogP contribution in [-0.4, -0.2) is 33.7 Å². The van der Waals surface area contributed by atoms with Gasteiger partial charge in [-0.1, -0.05) is 58.7 Å². The summed E-state index contributed by atoms with van der Waals surface area (Å²) in [5, 5.41) is 0.825. The number of para-hydroxylation sites is 1. The third-order valence-corrected chi connectivity index (χ3v) is 5.80. The molecule has 0 N–H and O–H groups in total. The molecule has 4 atom stereocenters. The lowest BCUT2D eigenvalue weighted by Crippen LogP contribution is -2.40. The second kappa shape index (κ2) is 10.4. The predicted molar refractivity (Wildman–Crippen MR) is 123 cm³/mol. The van der Waals surface area contributed by atoms with E-state index in [2.05, 4.69) is 45.5 Å². The number of likely N-dealkylation sites (tertiary alicyclic amines) is 1. The van der Waals surface area contributed by atoms with E-state index in [4.69, 9.17) is 6.42 Å². The zero-order chi connectivity index (χ0) is 22.4. The van der Waals surface area contributed by atoms with Gasteiger partial charge in [0.25, 0.3) is 0 Å². The molecule has 1 aromatic carbocycles. The molecule has 0 spiro atoms. The number of fused-ring (bicyclic) bond motifs is 1. The Morgan fingerprint density at radius 3 is 2.33 bits per heavy atom. The van der Waals surface area contributed by atoms with Gasteiger partial charge < -0.3 is 4.90 Å². The average molecular weight is 407 g/mol. The standard InChI is InChI=1S/C22H24N2O2.C4H10/c1-5-20-15(3)14(2)16(4)24(20)22(26)11-10-21(25)18-12-13-23-19-9-7-6-8-17(18)19;1-4(2)3/h1,6-9,12-16,20H,10-11H2,2-4H3;4H,1-3H3. The molecule has 3 rings (SSSR count). The summed E-state index contributed by atoms with van der Waals surface area (Å²) in [7, 11) is 0. The number of hydrogen-bond acceptors (Lipinski definition) is 3. The van der Waals surface area contributed by atoms with Crippen molar-refractivity contribution in [3.63, 3.8) is 0 Å². The van der Waals surface area contributed by atoms with Gasteiger partial charge in [0, 0.05) is 36.0 Å². The van der Waals surface area contributed by atoms with Crippen LogP contribution < -0.4 is 0 Å². The van der Waals surface area contributed by atoms with Crippen LogP contribution in [0.5, 0.6) is 0 Å². The summed E-state index contributed by atoms with van der Waals surface area (Å²) in [6.45, 7) is 12.8. The highest BCUT2D eigenvalue weighted by molar-refractivity contribution is 6.07. The molecule has 30 heavy (non-hydrogen) atoms. The monoisotopic (exact) mass is 406 g/mol. The van der Waals surface area contributed by atoms with Crippen molar-refractivity contribution in [3.8, 4) is 12.3 Å². The first-order valence-electron chi connectivity index (χ1n) is 10.8. The topological polar surface area (TPSA) is 50.3 Å². The number of aromatic nitrogens is 1. The average Bonchev–Trinajstić information content (AvgIpc) is 2.94. The first-order valence-corrected chi connectivity index (χ1v) is 10.8. The molecule has 2 heterocycles. The van der Waals surface area contributed by atoms with Crippen molar-refractivity contribution in [3.05, 3.63) is 42.1 Å². The molecular weight excluding hydrogens is 372 g/mol. The molecule has 2 aromatic rings. The fourth-order valence-corrected chi connectivity index (χ4v) is 3.92. The second-order valence-corrected chi connectivity index (χ2v) is 8.90. The van der Waals surface area contributed by atoms with Gasteiger partial charge in [-0.2, -0.15) is 0 Å². The number of carbonyl (C=O) groups excluding carboxylic acids is 2. The van der Waals surface area contributed by atoms with Gasteiger partial charge >= 0.3 is 0 Å². The lowest BCUT2D eigenvalue weighted by molar-refractivity contribution is -0.133. The van der Waals surface area contributed by atoms with E-state index in [9.17, 15) is 9.59 Å². The molecule has 0 bridgehead atoms. The van der Waals surface area contributed by atoms with Gasteiger partial charge in [-0.15, -0.1) is 6.42 Å². The maximum absolute atomic E-state index is 12.8. The molecule has 0 aliphatic carbocycles. The summed E-state index contributed by atoms with van der Waals surface area (Å²) in [6.07, 6.45) is 7.66. The highest BCUT2D eigenvalue weighted by Crippen LogP contribution is 2.35. The van der Waals surface area contributed by atoms with Gasteiger partial charge in [-0.25, -0.2) is 0 Å². The Kier molecular flexibility index (Phi) is 8.17. The molecule has 1 aliphatic rings. The Morgan fingerprint density at radius 1 is 1.07 bits per heavy atom. The summed E-state index contributed by atoms with van der Waals surface area (Å²) >= 11 is 0. The number of benzene rings is 1. The number of ketones is 1. The van der Waals surface area contributed by atoms with Crippen molar-refractivity contribution in [2.45, 2.75) is 66.5 Å². The predicted octanol–water partition coefficient (Wildman–Crippen LogP) is 5.36. The number of amides is 1. The lowest BCUT2D eigenvalue weighted by Gasteiger charge is -2.26. The Bertz CT molecular complexity index is 920. The smallest absolute Gasteiger partial charge is 0.224 e. The maximum atomic E-state index is 12.8. The summed E-state index contributed by atoms with van der Waals surface area (Å²) in [5.74, 6) is 4.13. The minimum atomic E-state index is -0.190. The Hall–Kier alpha value is -2.67. The van der Waals surface area contributed by atoms with Crippen molar-refractivity contribution in [2.24, 2.45) is 17.8 Å². The van der Waals surface area contributed by atoms with E-state index in [1.807, 2.05) is 31.2 Å². The minimum absolute atomic E-state index is 0.0386. The van der Waals surface area contributed by atoms with Crippen molar-refractivity contribution in [1.29, 1.82) is 0 Å². The summed E-state index contributed by atoms with van der Waals surface area (Å²) in [4.78, 5) is 31.6. The van der Waals surface area contributed by atoms with Crippen molar-refractivity contribution in [1.82, 2.24) is 9.88 Å². The molecule has 1 aliphatic heterocycles. The number of terminal acetylenes is 1. The number of pyridine rings is 1. The van der Waals surface area contributed by atoms with Crippen molar-refractivity contribution >= 4 is 22.6 Å². The highest BCUT2D eigenvalue weighted by atomic mass is 16.2. The molecule has 0 saturated carbocycles. The van der Waals surface area contributed by atoms with Crippen molar-refractivity contribution < 1.29 is 9.59 Å². The van der Waals surface area contributed by atoms with Crippen LogP contribution in [0.15, 0.2) is 36.5 Å². The number of carbonyl (C=O) groups is 2. The Balaban J connectivity index is 0.000000735. The quantitative estimate of drug-likeness (QED) is 0.507. The van der Waals surface area contributed by atoms with Gasteiger partial charge in [-0.3, -0.25) is 14.6 Å². The van der Waals surface area contributed by atoms with E-state index < -0.39 is 0 Å². The molecule has 160 valence electrons. The first-order chi connectivity index (χ1) is 14.2. The highest BCUT2D eigenvalue weighted by Gasteiger charge is 2.43. The van der Waals surface area contributed by atoms with Crippen LogP contribution >= 0.6 is 0 Å². The fraction of sp³-hybridized carbons (Fsp3) is 0.500. The van der Waals surface area contributed by atoms with Crippen LogP contribution in [0, 0.1) is 30.1 Å². The number of Topliss-reactive ketones (excluding diaryl/α,β-unsaturated/α-hetero) is 1. The molecule has 0 radical (unpaired) electrons. The summed E-state index contributed by atoms with van der Waals surface area (Å²) in [6, 6.07) is 9.17. The summed E-state index contributed by atoms with van der Waals surface area (Å²) in [5.41, 5.74) is 1.40. The van der Waals surface area contributed by atoms with Gasteiger partial charge in [0.2, 0.25) is 5.91 Å². The largest absolute Gasteiger partial charge is 0.326 e. The fourth-order valence-electron chi connectivity index (χ4n) is 3.92. The van der Waals surface area contributed by atoms with Gasteiger partial charge in [0.05, 0.1) is 11.6 Å². The van der Waals surface area contributed by atoms with Crippen LogP contribution in [-0.2, 0) is 4.79 Å². The summed E-state index contributed by atoms with van der Waals surface area (Å²) < 4.78 is 0. The van der Waals surface area contributed by atoms with Crippen LogP contribution in [0.4, 0.5) is 0 Å². The third-order valence-electron chi connectivity index (χ3n) is 5.80.